The minimum absolute atomic E-state index is 0.190. The molecule has 5 nitrogen and oxygen atoms in total. The average Bonchev–Trinajstić information content (AvgIpc) is 2.46. The molecule has 1 amide bonds. The zero-order chi connectivity index (χ0) is 13.2. The van der Waals surface area contributed by atoms with Crippen LogP contribution in [0.2, 0.25) is 0 Å². The molecule has 2 aromatic rings. The molecule has 0 aliphatic carbocycles. The van der Waals surface area contributed by atoms with Crippen molar-refractivity contribution in [3.8, 4) is 0 Å². The van der Waals surface area contributed by atoms with Gasteiger partial charge in [0, 0.05) is 49.9 Å². The van der Waals surface area contributed by atoms with Gasteiger partial charge in [-0.05, 0) is 11.6 Å². The second-order valence-corrected chi connectivity index (χ2v) is 4.51. The summed E-state index contributed by atoms with van der Waals surface area (Å²) in [6.45, 7) is 1.10. The van der Waals surface area contributed by atoms with Gasteiger partial charge in [-0.15, -0.1) is 0 Å². The lowest BCUT2D eigenvalue weighted by Crippen LogP contribution is -2.38. The molecule has 0 spiro atoms. The maximum Gasteiger partial charge on any atom is 0.259 e. The van der Waals surface area contributed by atoms with Crippen molar-refractivity contribution in [3.63, 3.8) is 0 Å². The molecule has 1 aliphatic rings. The molecular weight excluding hydrogens is 242 g/mol. The van der Waals surface area contributed by atoms with Crippen molar-refractivity contribution in [1.29, 1.82) is 0 Å². The van der Waals surface area contributed by atoms with Crippen molar-refractivity contribution < 1.29 is 4.79 Å². The highest BCUT2D eigenvalue weighted by molar-refractivity contribution is 5.93. The molecule has 5 heteroatoms. The Morgan fingerprint density at radius 3 is 3.11 bits per heavy atom. The number of amides is 1. The van der Waals surface area contributed by atoms with Gasteiger partial charge < -0.3 is 9.88 Å². The van der Waals surface area contributed by atoms with Gasteiger partial charge in [0.1, 0.15) is 5.56 Å². The minimum Gasteiger partial charge on any atom is -0.367 e. The minimum atomic E-state index is -0.249. The summed E-state index contributed by atoms with van der Waals surface area (Å²) < 4.78 is 0. The Bertz CT molecular complexity index is 678. The van der Waals surface area contributed by atoms with Crippen molar-refractivity contribution in [2.24, 2.45) is 0 Å². The normalized spacial score (nSPS) is 14.0. The van der Waals surface area contributed by atoms with E-state index in [0.29, 0.717) is 13.1 Å². The number of rotatable bonds is 1. The zero-order valence-electron chi connectivity index (χ0n) is 10.3. The number of carbonyl (C=O) groups excluding carboxylic acids is 1. The van der Waals surface area contributed by atoms with Crippen LogP contribution in [0.4, 0.5) is 0 Å². The first kappa shape index (κ1) is 11.6. The van der Waals surface area contributed by atoms with E-state index in [1.165, 1.54) is 18.5 Å². The number of nitrogens with zero attached hydrogens (tertiary/aromatic N) is 2. The third-order valence-electron chi connectivity index (χ3n) is 3.31. The van der Waals surface area contributed by atoms with E-state index < -0.39 is 0 Å². The summed E-state index contributed by atoms with van der Waals surface area (Å²) in [7, 11) is 0. The summed E-state index contributed by atoms with van der Waals surface area (Å²) in [4.78, 5) is 32.8. The Morgan fingerprint density at radius 1 is 1.37 bits per heavy atom. The van der Waals surface area contributed by atoms with Crippen molar-refractivity contribution >= 4 is 5.91 Å². The Balaban J connectivity index is 1.88. The average molecular weight is 255 g/mol. The molecule has 2 aromatic heterocycles. The SMILES string of the molecule is O=C(c1c[nH]ccc1=O)N1CCc2ncccc2C1. The Morgan fingerprint density at radius 2 is 2.26 bits per heavy atom. The van der Waals surface area contributed by atoms with Crippen LogP contribution in [0.5, 0.6) is 0 Å². The van der Waals surface area contributed by atoms with E-state index in [-0.39, 0.29) is 16.9 Å². The lowest BCUT2D eigenvalue weighted by molar-refractivity contribution is 0.0732. The molecular formula is C14H13N3O2. The number of aromatic nitrogens is 2. The van der Waals surface area contributed by atoms with Crippen molar-refractivity contribution in [3.05, 3.63) is 63.8 Å². The van der Waals surface area contributed by atoms with Gasteiger partial charge in [0.2, 0.25) is 0 Å². The zero-order valence-corrected chi connectivity index (χ0v) is 10.3. The van der Waals surface area contributed by atoms with E-state index in [1.807, 2.05) is 12.1 Å². The van der Waals surface area contributed by atoms with Gasteiger partial charge >= 0.3 is 0 Å². The molecule has 3 rings (SSSR count). The molecule has 0 unspecified atom stereocenters. The largest absolute Gasteiger partial charge is 0.367 e. The molecule has 0 saturated carbocycles. The Kier molecular flexibility index (Phi) is 2.87. The van der Waals surface area contributed by atoms with E-state index in [4.69, 9.17) is 0 Å². The molecule has 0 bridgehead atoms. The fourth-order valence-corrected chi connectivity index (χ4v) is 2.29. The quantitative estimate of drug-likeness (QED) is 0.825. The highest BCUT2D eigenvalue weighted by Gasteiger charge is 2.23. The molecule has 3 heterocycles. The number of hydrogen-bond acceptors (Lipinski definition) is 3. The van der Waals surface area contributed by atoms with Gasteiger partial charge in [-0.3, -0.25) is 14.6 Å². The number of pyridine rings is 2. The molecule has 0 atom stereocenters. The van der Waals surface area contributed by atoms with Crippen LogP contribution in [0.1, 0.15) is 21.6 Å². The molecule has 96 valence electrons. The van der Waals surface area contributed by atoms with E-state index in [0.717, 1.165) is 17.7 Å². The van der Waals surface area contributed by atoms with Crippen LogP contribution in [-0.2, 0) is 13.0 Å². The van der Waals surface area contributed by atoms with Crippen LogP contribution in [0.25, 0.3) is 0 Å². The molecule has 0 saturated heterocycles. The third-order valence-corrected chi connectivity index (χ3v) is 3.31. The fourth-order valence-electron chi connectivity index (χ4n) is 2.29. The van der Waals surface area contributed by atoms with E-state index in [1.54, 1.807) is 11.1 Å². The topological polar surface area (TPSA) is 66.1 Å². The van der Waals surface area contributed by atoms with Crippen LogP contribution < -0.4 is 5.43 Å². The molecule has 1 N–H and O–H groups in total. The van der Waals surface area contributed by atoms with Gasteiger partial charge in [-0.25, -0.2) is 0 Å². The monoisotopic (exact) mass is 255 g/mol. The predicted molar refractivity (Wildman–Crippen MR) is 69.7 cm³/mol. The van der Waals surface area contributed by atoms with Crippen LogP contribution in [0, 0.1) is 0 Å². The Labute approximate surface area is 109 Å². The highest BCUT2D eigenvalue weighted by Crippen LogP contribution is 2.17. The molecule has 19 heavy (non-hydrogen) atoms. The highest BCUT2D eigenvalue weighted by atomic mass is 16.2. The van der Waals surface area contributed by atoms with E-state index in [9.17, 15) is 9.59 Å². The van der Waals surface area contributed by atoms with Gasteiger partial charge in [0.15, 0.2) is 5.43 Å². The molecule has 1 aliphatic heterocycles. The first-order valence-electron chi connectivity index (χ1n) is 6.15. The lowest BCUT2D eigenvalue weighted by atomic mass is 10.0. The number of hydrogen-bond donors (Lipinski definition) is 1. The van der Waals surface area contributed by atoms with Crippen LogP contribution in [0.3, 0.4) is 0 Å². The first-order chi connectivity index (χ1) is 9.25. The fraction of sp³-hybridized carbons (Fsp3) is 0.214. The third kappa shape index (κ3) is 2.14. The molecule has 0 aromatic carbocycles. The summed E-state index contributed by atoms with van der Waals surface area (Å²) >= 11 is 0. The van der Waals surface area contributed by atoms with Gasteiger partial charge in [0.25, 0.3) is 5.91 Å². The number of nitrogens with one attached hydrogen (secondary N) is 1. The number of carbonyl (C=O) groups is 1. The van der Waals surface area contributed by atoms with E-state index in [2.05, 4.69) is 9.97 Å². The molecule has 0 radical (unpaired) electrons. The summed E-state index contributed by atoms with van der Waals surface area (Å²) in [5.41, 5.74) is 2.03. The second kappa shape index (κ2) is 4.68. The number of H-pyrrole nitrogens is 1. The van der Waals surface area contributed by atoms with Crippen molar-refractivity contribution in [2.45, 2.75) is 13.0 Å². The second-order valence-electron chi connectivity index (χ2n) is 4.51. The maximum absolute atomic E-state index is 12.3. The van der Waals surface area contributed by atoms with Crippen LogP contribution in [0.15, 0.2) is 41.6 Å². The van der Waals surface area contributed by atoms with E-state index >= 15 is 0 Å². The smallest absolute Gasteiger partial charge is 0.259 e. The van der Waals surface area contributed by atoms with Crippen molar-refractivity contribution in [1.82, 2.24) is 14.9 Å². The number of fused-ring (bicyclic) bond motifs is 1. The first-order valence-corrected chi connectivity index (χ1v) is 6.15. The molecule has 0 fully saturated rings. The van der Waals surface area contributed by atoms with Crippen LogP contribution in [-0.4, -0.2) is 27.3 Å². The van der Waals surface area contributed by atoms with Gasteiger partial charge in [-0.2, -0.15) is 0 Å². The Hall–Kier alpha value is -2.43. The van der Waals surface area contributed by atoms with Crippen LogP contribution >= 0.6 is 0 Å². The lowest BCUT2D eigenvalue weighted by Gasteiger charge is -2.27. The summed E-state index contributed by atoms with van der Waals surface area (Å²) in [6.07, 6.45) is 5.48. The van der Waals surface area contributed by atoms with Gasteiger partial charge in [0.05, 0.1) is 0 Å². The summed E-state index contributed by atoms with van der Waals surface area (Å²) in [5.74, 6) is -0.226. The van der Waals surface area contributed by atoms with Crippen molar-refractivity contribution in [2.75, 3.05) is 6.54 Å². The number of aromatic amines is 1. The maximum atomic E-state index is 12.3. The van der Waals surface area contributed by atoms with Gasteiger partial charge in [-0.1, -0.05) is 6.07 Å². The summed E-state index contributed by atoms with van der Waals surface area (Å²) in [6, 6.07) is 5.20. The predicted octanol–water partition coefficient (Wildman–Crippen LogP) is 0.968. The summed E-state index contributed by atoms with van der Waals surface area (Å²) in [5, 5.41) is 0. The standard InChI is InChI=1S/C14H13N3O2/c18-13-3-6-15-8-11(13)14(19)17-7-4-12-10(9-17)2-1-5-16-12/h1-3,5-6,8H,4,7,9H2,(H,15,18).